The van der Waals surface area contributed by atoms with Gasteiger partial charge in [0.1, 0.15) is 0 Å². The second kappa shape index (κ2) is 2.57. The average Bonchev–Trinajstić information content (AvgIpc) is 1.33. The molecule has 3 nitrogen and oxygen atoms in total. The Labute approximate surface area is 36.8 Å². The standard InChI is InChI=1S/CH4NO2P2.2Rf/c3-5-1-6(4)2-5;;/h5-6H,1H2;;/q-1;;. The third kappa shape index (κ3) is 1.25. The molecule has 0 bridgehead atoms. The molecule has 7 heteroatoms. The molecule has 2 atom stereocenters. The van der Waals surface area contributed by atoms with E-state index in [9.17, 15) is 9.13 Å². The summed E-state index contributed by atoms with van der Waals surface area (Å²) in [6.45, 7) is 0. The van der Waals surface area contributed by atoms with E-state index in [4.69, 9.17) is 0 Å². The van der Waals surface area contributed by atoms with Gasteiger partial charge in [-0.25, -0.2) is 0 Å². The van der Waals surface area contributed by atoms with E-state index < -0.39 is 15.9 Å². The van der Waals surface area contributed by atoms with Crippen molar-refractivity contribution in [2.24, 2.45) is 0 Å². The zero-order valence-corrected chi connectivity index (χ0v) is 19.2. The van der Waals surface area contributed by atoms with Crippen LogP contribution >= 0.6 is 15.9 Å². The van der Waals surface area contributed by atoms with Gasteiger partial charge in [-0.05, 0) is 15.9 Å². The molecule has 0 aromatic heterocycles. The molecule has 8 heavy (non-hydrogen) atoms. The van der Waals surface area contributed by atoms with Crippen LogP contribution in [0.15, 0.2) is 0 Å². The molecule has 1 aliphatic heterocycles. The largest absolute Gasteiger partial charge is 0.548 e. The molecule has 1 saturated heterocycles. The maximum absolute atomic E-state index is 9.95. The number of hydrogen-bond acceptors (Lipinski definition) is 2. The molecule has 1 heterocycles. The number of hydrogen-bond donors (Lipinski definition) is 0. The van der Waals surface area contributed by atoms with Crippen molar-refractivity contribution in [3.8, 4) is 0 Å². The van der Waals surface area contributed by atoms with Gasteiger partial charge in [0, 0.05) is 5.90 Å². The van der Waals surface area contributed by atoms with Gasteiger partial charge in [-0.15, -0.1) is 0 Å². The molecule has 1 rings (SSSR count). The fourth-order valence-electron chi connectivity index (χ4n) is 0.256. The molecule has 0 aromatic rings. The van der Waals surface area contributed by atoms with Crippen LogP contribution in [0.4, 0.5) is 0 Å². The van der Waals surface area contributed by atoms with Crippen LogP contribution in [0.1, 0.15) is 0 Å². The predicted molar refractivity (Wildman–Crippen MR) is 26.2 cm³/mol. The first-order valence-electron chi connectivity index (χ1n) is 1.56. The Morgan fingerprint density at radius 3 is 1.38 bits per heavy atom. The molecule has 1 fully saturated rings. The Hall–Kier alpha value is -1.58. The molecule has 0 amide bonds. The van der Waals surface area contributed by atoms with Gasteiger partial charge in [-0.1, -0.05) is 0 Å². The number of nitrogens with zero attached hydrogens (tertiary/aromatic N) is 1. The summed E-state index contributed by atoms with van der Waals surface area (Å²) < 4.78 is 19.9. The third-order valence-electron chi connectivity index (χ3n) is 0.552. The van der Waals surface area contributed by atoms with E-state index in [2.05, 4.69) is 4.86 Å². The van der Waals surface area contributed by atoms with E-state index in [1.165, 1.54) is 0 Å². The van der Waals surface area contributed by atoms with E-state index in [0.29, 0.717) is 5.90 Å². The second-order valence-electron chi connectivity index (χ2n) is 1.08. The van der Waals surface area contributed by atoms with Gasteiger partial charge >= 0.3 is 0 Å². The quantitative estimate of drug-likeness (QED) is 0.369. The topological polar surface area (TPSA) is 48.2 Å². The van der Waals surface area contributed by atoms with Crippen molar-refractivity contribution in [2.75, 3.05) is 5.90 Å². The zero-order valence-electron chi connectivity index (χ0n) is 4.39. The minimum Gasteiger partial charge on any atom is -0.548 e. The average molecular weight is 658 g/mol. The van der Waals surface area contributed by atoms with Crippen molar-refractivity contribution in [3.05, 3.63) is 4.86 Å². The molecule has 1 aliphatic rings. The SMILES string of the molecule is O=[PH]1C[PH](=O)[N-]1.[Rf].[Rf]. The Bertz CT molecular complexity index is 94.6. The minimum absolute atomic E-state index is 0. The second-order valence-corrected chi connectivity index (χ2v) is 4.96. The van der Waals surface area contributed by atoms with Gasteiger partial charge in [0.25, 0.3) is 0 Å². The molecule has 2 unspecified atom stereocenters. The van der Waals surface area contributed by atoms with Crippen LogP contribution in [-0.2, 0) is 9.13 Å². The first kappa shape index (κ1) is 9.65. The fourth-order valence-corrected chi connectivity index (χ4v) is 2.31. The van der Waals surface area contributed by atoms with E-state index in [1.807, 2.05) is 0 Å². The Morgan fingerprint density at radius 2 is 1.38 bits per heavy atom. The van der Waals surface area contributed by atoms with Gasteiger partial charge in [-0.2, -0.15) is 0 Å². The summed E-state index contributed by atoms with van der Waals surface area (Å²) in [5.74, 6) is 0.398. The van der Waals surface area contributed by atoms with E-state index >= 15 is 0 Å². The molecule has 0 aliphatic carbocycles. The first-order valence-corrected chi connectivity index (χ1v) is 4.69. The maximum atomic E-state index is 9.95. The molecule has 0 spiro atoms. The van der Waals surface area contributed by atoms with Crippen LogP contribution in [0, 0.1) is 0 Å². The van der Waals surface area contributed by atoms with Crippen LogP contribution in [0.25, 0.3) is 4.86 Å². The molecule has 0 aromatic carbocycles. The molecule has 0 saturated carbocycles. The normalized spacial score (nSPS) is 33.5. The fraction of sp³-hybridized carbons (Fsp3) is 1.00. The monoisotopic (exact) mass is 658 g/mol. The summed E-state index contributed by atoms with van der Waals surface area (Å²) in [5.41, 5.74) is 0. The summed E-state index contributed by atoms with van der Waals surface area (Å²) in [7, 11) is -3.27. The minimum atomic E-state index is -1.63. The van der Waals surface area contributed by atoms with Gasteiger partial charge in [0.15, 0.2) is 0 Å². The number of rotatable bonds is 0. The van der Waals surface area contributed by atoms with E-state index in [1.54, 1.807) is 0 Å². The predicted octanol–water partition coefficient (Wildman–Crippen LogP) is 1.28. The van der Waals surface area contributed by atoms with Crippen molar-refractivity contribution in [2.45, 2.75) is 0 Å². The van der Waals surface area contributed by atoms with Gasteiger partial charge in [-0.3, -0.25) is 0 Å². The van der Waals surface area contributed by atoms with Crippen LogP contribution in [-0.4, -0.2) is 5.90 Å². The van der Waals surface area contributed by atoms with Crippen molar-refractivity contribution in [1.29, 1.82) is 0 Å². The maximum Gasteiger partial charge on any atom is 0.0164 e. The zero-order chi connectivity index (χ0) is 4.57. The summed E-state index contributed by atoms with van der Waals surface area (Å²) in [6, 6.07) is 0. The van der Waals surface area contributed by atoms with Gasteiger partial charge in [0.05, 0.1) is 0 Å². The van der Waals surface area contributed by atoms with Crippen LogP contribution in [0.5, 0.6) is 0 Å². The Morgan fingerprint density at radius 1 is 1.12 bits per heavy atom. The van der Waals surface area contributed by atoms with Gasteiger partial charge in [0.2, 0.25) is 0 Å². The van der Waals surface area contributed by atoms with E-state index in [-0.39, 0.29) is 0 Å². The summed E-state index contributed by atoms with van der Waals surface area (Å²) in [6.07, 6.45) is 0. The van der Waals surface area contributed by atoms with Crippen molar-refractivity contribution in [3.63, 3.8) is 0 Å². The Balaban J connectivity index is 0. The third-order valence-corrected chi connectivity index (χ3v) is 4.97. The van der Waals surface area contributed by atoms with Crippen LogP contribution in [0.3, 0.4) is 0 Å². The van der Waals surface area contributed by atoms with Crippen molar-refractivity contribution in [1.82, 2.24) is 0 Å². The summed E-state index contributed by atoms with van der Waals surface area (Å²) in [4.78, 5) is 3.31. The summed E-state index contributed by atoms with van der Waals surface area (Å²) >= 11 is 0. The van der Waals surface area contributed by atoms with Crippen LogP contribution < -0.4 is 0 Å². The van der Waals surface area contributed by atoms with E-state index in [0.717, 1.165) is 0 Å². The van der Waals surface area contributed by atoms with Crippen molar-refractivity contribution < 1.29 is 9.13 Å². The molecular formula is CH4NO2P2Rf2-. The Kier molecular flexibility index (Phi) is 3.10. The summed E-state index contributed by atoms with van der Waals surface area (Å²) in [5, 5.41) is 0. The smallest absolute Gasteiger partial charge is 0.0164 e. The van der Waals surface area contributed by atoms with Crippen LogP contribution in [0.2, 0.25) is 0 Å². The molecule has 0 radical (unpaired) electrons. The first-order chi connectivity index (χ1) is 2.79. The molecular weight excluding hydrogens is 654 g/mol. The molecule has 40 valence electrons. The van der Waals surface area contributed by atoms with Gasteiger partial charge < -0.3 is 14.0 Å². The van der Waals surface area contributed by atoms with Crippen molar-refractivity contribution >= 4 is 15.9 Å². The molecule has 0 N–H and O–H groups in total.